The molecule has 1 saturated heterocycles. The highest BCUT2D eigenvalue weighted by Gasteiger charge is 2.21. The van der Waals surface area contributed by atoms with E-state index >= 15 is 0 Å². The molecule has 0 saturated carbocycles. The van der Waals surface area contributed by atoms with Crippen LogP contribution in [0.2, 0.25) is 0 Å². The molecule has 1 atom stereocenters. The van der Waals surface area contributed by atoms with Crippen LogP contribution in [0.15, 0.2) is 18.3 Å². The van der Waals surface area contributed by atoms with E-state index in [1.807, 2.05) is 12.1 Å². The van der Waals surface area contributed by atoms with Crippen LogP contribution in [0.5, 0.6) is 0 Å². The first-order valence-corrected chi connectivity index (χ1v) is 8.97. The molecular weight excluding hydrogens is 292 g/mol. The molecule has 1 aliphatic heterocycles. The van der Waals surface area contributed by atoms with Crippen LogP contribution in [0.1, 0.15) is 6.92 Å². The number of nitrogens with zero attached hydrogens (tertiary/aromatic N) is 3. The van der Waals surface area contributed by atoms with E-state index in [0.717, 1.165) is 13.1 Å². The predicted molar refractivity (Wildman–Crippen MR) is 81.0 cm³/mol. The number of rotatable bonds is 7. The van der Waals surface area contributed by atoms with Crippen LogP contribution in [0.3, 0.4) is 0 Å². The third kappa shape index (κ3) is 5.56. The Labute approximate surface area is 125 Å². The lowest BCUT2D eigenvalue weighted by atomic mass is 10.2. The number of ether oxygens (including phenoxy) is 1. The van der Waals surface area contributed by atoms with Crippen LogP contribution >= 0.6 is 0 Å². The summed E-state index contributed by atoms with van der Waals surface area (Å²) in [4.78, 5) is 2.14. The second kappa shape index (κ2) is 7.67. The minimum Gasteiger partial charge on any atom is -0.374 e. The van der Waals surface area contributed by atoms with Crippen LogP contribution in [0, 0.1) is 0 Å². The number of sulfone groups is 1. The molecule has 118 valence electrons. The second-order valence-electron chi connectivity index (χ2n) is 5.02. The van der Waals surface area contributed by atoms with Crippen molar-refractivity contribution in [2.24, 2.45) is 0 Å². The van der Waals surface area contributed by atoms with Crippen molar-refractivity contribution in [1.82, 2.24) is 15.1 Å². The Morgan fingerprint density at radius 2 is 2.38 bits per heavy atom. The molecule has 0 radical (unpaired) electrons. The van der Waals surface area contributed by atoms with Crippen LogP contribution in [-0.2, 0) is 14.6 Å². The molecule has 2 heterocycles. The summed E-state index contributed by atoms with van der Waals surface area (Å²) in [5.74, 6) is 1.13. The van der Waals surface area contributed by atoms with E-state index in [-0.39, 0.29) is 17.6 Å². The summed E-state index contributed by atoms with van der Waals surface area (Å²) in [7, 11) is -2.91. The normalized spacial score (nSPS) is 20.3. The fraction of sp³-hybridized carbons (Fsp3) is 0.692. The molecule has 1 N–H and O–H groups in total. The highest BCUT2D eigenvalue weighted by Crippen LogP contribution is 2.07. The Kier molecular flexibility index (Phi) is 5.89. The third-order valence-corrected chi connectivity index (χ3v) is 5.15. The van der Waals surface area contributed by atoms with Gasteiger partial charge < -0.3 is 10.1 Å². The van der Waals surface area contributed by atoms with E-state index < -0.39 is 9.84 Å². The molecular formula is C13H22N4O3S. The zero-order valence-corrected chi connectivity index (χ0v) is 13.1. The van der Waals surface area contributed by atoms with Gasteiger partial charge >= 0.3 is 0 Å². The molecule has 21 heavy (non-hydrogen) atoms. The maximum absolute atomic E-state index is 11.5. The number of morpholine rings is 1. The second-order valence-corrected chi connectivity index (χ2v) is 7.49. The fourth-order valence-electron chi connectivity index (χ4n) is 2.13. The summed E-state index contributed by atoms with van der Waals surface area (Å²) >= 11 is 0. The quantitative estimate of drug-likeness (QED) is 0.759. The van der Waals surface area contributed by atoms with Crippen molar-refractivity contribution >= 4 is 15.7 Å². The van der Waals surface area contributed by atoms with Crippen molar-refractivity contribution in [3.05, 3.63) is 18.3 Å². The van der Waals surface area contributed by atoms with Gasteiger partial charge in [0.15, 0.2) is 9.84 Å². The van der Waals surface area contributed by atoms with Crippen LogP contribution in [0.4, 0.5) is 5.82 Å². The molecule has 0 aromatic carbocycles. The highest BCUT2D eigenvalue weighted by molar-refractivity contribution is 7.91. The lowest BCUT2D eigenvalue weighted by Gasteiger charge is -2.32. The molecule has 1 aromatic rings. The zero-order valence-electron chi connectivity index (χ0n) is 12.2. The standard InChI is InChI=1S/C13H22N4O3S/c1-2-21(18,19)9-7-17-6-8-20-12(11-17)10-14-13-4-3-5-15-16-13/h3-5,12H,2,6-11H2,1H3,(H,14,16). The zero-order chi connectivity index (χ0) is 15.1. The van der Waals surface area contributed by atoms with E-state index in [2.05, 4.69) is 20.4 Å². The Balaban J connectivity index is 1.75. The number of hydrogen-bond donors (Lipinski definition) is 1. The molecule has 1 aromatic heterocycles. The minimum atomic E-state index is -2.91. The largest absolute Gasteiger partial charge is 0.374 e. The van der Waals surface area contributed by atoms with Crippen molar-refractivity contribution in [3.63, 3.8) is 0 Å². The van der Waals surface area contributed by atoms with E-state index in [0.29, 0.717) is 25.5 Å². The Morgan fingerprint density at radius 3 is 3.10 bits per heavy atom. The summed E-state index contributed by atoms with van der Waals surface area (Å²) in [6.07, 6.45) is 1.66. The summed E-state index contributed by atoms with van der Waals surface area (Å²) < 4.78 is 28.8. The van der Waals surface area contributed by atoms with E-state index in [1.54, 1.807) is 13.1 Å². The highest BCUT2D eigenvalue weighted by atomic mass is 32.2. The topological polar surface area (TPSA) is 84.4 Å². The van der Waals surface area contributed by atoms with Gasteiger partial charge in [-0.1, -0.05) is 6.92 Å². The molecule has 0 bridgehead atoms. The maximum atomic E-state index is 11.5. The van der Waals surface area contributed by atoms with Crippen LogP contribution in [0.25, 0.3) is 0 Å². The number of anilines is 1. The molecule has 0 spiro atoms. The SMILES string of the molecule is CCS(=O)(=O)CCN1CCOC(CNc2cccnn2)C1. The third-order valence-electron chi connectivity index (χ3n) is 3.46. The average Bonchev–Trinajstić information content (AvgIpc) is 2.53. The molecule has 0 aliphatic carbocycles. The van der Waals surface area contributed by atoms with Gasteiger partial charge in [0.05, 0.1) is 18.5 Å². The Bertz CT molecular complexity index is 523. The molecule has 1 aliphatic rings. The summed E-state index contributed by atoms with van der Waals surface area (Å²) in [5, 5.41) is 10.9. The number of nitrogens with one attached hydrogen (secondary N) is 1. The fourth-order valence-corrected chi connectivity index (χ4v) is 2.96. The van der Waals surface area contributed by atoms with Gasteiger partial charge in [0.1, 0.15) is 5.82 Å². The first kappa shape index (κ1) is 16.1. The van der Waals surface area contributed by atoms with E-state index in [1.165, 1.54) is 0 Å². The van der Waals surface area contributed by atoms with Crippen molar-refractivity contribution in [2.75, 3.05) is 49.6 Å². The molecule has 8 heteroatoms. The molecule has 7 nitrogen and oxygen atoms in total. The smallest absolute Gasteiger partial charge is 0.151 e. The van der Waals surface area contributed by atoms with Gasteiger partial charge in [-0.3, -0.25) is 4.90 Å². The van der Waals surface area contributed by atoms with Gasteiger partial charge in [0.25, 0.3) is 0 Å². The Morgan fingerprint density at radius 1 is 1.52 bits per heavy atom. The average molecular weight is 314 g/mol. The van der Waals surface area contributed by atoms with Crippen LogP contribution < -0.4 is 5.32 Å². The number of aromatic nitrogens is 2. The van der Waals surface area contributed by atoms with Crippen molar-refractivity contribution < 1.29 is 13.2 Å². The molecule has 2 rings (SSSR count). The summed E-state index contributed by atoms with van der Waals surface area (Å²) in [6.45, 7) is 5.02. The number of hydrogen-bond acceptors (Lipinski definition) is 7. The van der Waals surface area contributed by atoms with E-state index in [4.69, 9.17) is 4.74 Å². The predicted octanol–water partition coefficient (Wildman–Crippen LogP) is 0.0240. The first-order valence-electron chi connectivity index (χ1n) is 7.15. The van der Waals surface area contributed by atoms with Gasteiger partial charge in [0.2, 0.25) is 0 Å². The van der Waals surface area contributed by atoms with Crippen molar-refractivity contribution in [2.45, 2.75) is 13.0 Å². The lowest BCUT2D eigenvalue weighted by Crippen LogP contribution is -2.46. The molecule has 1 fully saturated rings. The van der Waals surface area contributed by atoms with Crippen molar-refractivity contribution in [3.8, 4) is 0 Å². The van der Waals surface area contributed by atoms with Gasteiger partial charge in [0, 0.05) is 38.1 Å². The van der Waals surface area contributed by atoms with Gasteiger partial charge in [-0.2, -0.15) is 5.10 Å². The minimum absolute atomic E-state index is 0.0325. The monoisotopic (exact) mass is 314 g/mol. The lowest BCUT2D eigenvalue weighted by molar-refractivity contribution is -0.0189. The van der Waals surface area contributed by atoms with Crippen molar-refractivity contribution in [1.29, 1.82) is 0 Å². The van der Waals surface area contributed by atoms with Gasteiger partial charge in [-0.25, -0.2) is 8.42 Å². The van der Waals surface area contributed by atoms with E-state index in [9.17, 15) is 8.42 Å². The maximum Gasteiger partial charge on any atom is 0.151 e. The van der Waals surface area contributed by atoms with Gasteiger partial charge in [-0.05, 0) is 12.1 Å². The summed E-state index contributed by atoms with van der Waals surface area (Å²) in [6, 6.07) is 3.67. The molecule has 0 amide bonds. The van der Waals surface area contributed by atoms with Crippen LogP contribution in [-0.4, -0.2) is 73.9 Å². The summed E-state index contributed by atoms with van der Waals surface area (Å²) in [5.41, 5.74) is 0. The molecule has 1 unspecified atom stereocenters. The first-order chi connectivity index (χ1) is 10.1. The Hall–Kier alpha value is -1.25. The van der Waals surface area contributed by atoms with Gasteiger partial charge in [-0.15, -0.1) is 5.10 Å².